The molecule has 0 amide bonds. The quantitative estimate of drug-likeness (QED) is 0.203. The third-order valence-corrected chi connectivity index (χ3v) is 7.58. The topological polar surface area (TPSA) is 73.7 Å². The molecule has 7 heteroatoms. The number of rotatable bonds is 9. The summed E-state index contributed by atoms with van der Waals surface area (Å²) in [7, 11) is 0. The largest absolute Gasteiger partial charge is 0.506 e. The van der Waals surface area contributed by atoms with Crippen LogP contribution in [0, 0.1) is 0 Å². The molecule has 7 aromatic rings. The van der Waals surface area contributed by atoms with Crippen molar-refractivity contribution in [3.05, 3.63) is 157 Å². The van der Waals surface area contributed by atoms with Crippen LogP contribution in [0.15, 0.2) is 140 Å². The molecule has 0 atom stereocenters. The molecule has 0 radical (unpaired) electrons. The van der Waals surface area contributed by atoms with Crippen molar-refractivity contribution in [1.82, 2.24) is 28.7 Å². The minimum atomic E-state index is 0.130. The van der Waals surface area contributed by atoms with Crippen molar-refractivity contribution in [1.29, 1.82) is 0 Å². The Kier molecular flexibility index (Phi) is 7.11. The minimum Gasteiger partial charge on any atom is -0.506 e. The zero-order valence-corrected chi connectivity index (χ0v) is 23.5. The molecule has 0 spiro atoms. The molecule has 0 saturated heterocycles. The molecule has 0 unspecified atom stereocenters. The number of imidazole rings is 3. The van der Waals surface area contributed by atoms with Gasteiger partial charge in [0.1, 0.15) is 23.2 Å². The van der Waals surface area contributed by atoms with Crippen LogP contribution in [0.25, 0.3) is 34.2 Å². The van der Waals surface area contributed by atoms with Crippen LogP contribution in [0.2, 0.25) is 0 Å². The minimum absolute atomic E-state index is 0.130. The standard InChI is InChI=1S/C36H30N6O/c43-33-31(35-38-17-20-41(35)25-28-12-6-2-7-13-28)22-30(34-37-16-19-40(34)24-27-10-4-1-5-11-27)23-32(33)36-39-18-21-42(36)26-29-14-8-3-9-15-29/h1-23,43H,24-26H2. The van der Waals surface area contributed by atoms with E-state index in [1.807, 2.05) is 91.5 Å². The van der Waals surface area contributed by atoms with Crippen molar-refractivity contribution in [3.8, 4) is 39.9 Å². The van der Waals surface area contributed by atoms with E-state index in [-0.39, 0.29) is 5.75 Å². The average molecular weight is 563 g/mol. The van der Waals surface area contributed by atoms with Gasteiger partial charge in [-0.2, -0.15) is 0 Å². The lowest BCUT2D eigenvalue weighted by atomic mass is 10.0. The van der Waals surface area contributed by atoms with E-state index < -0.39 is 0 Å². The molecule has 0 bridgehead atoms. The predicted octanol–water partition coefficient (Wildman–Crippen LogP) is 7.13. The van der Waals surface area contributed by atoms with Gasteiger partial charge in [-0.05, 0) is 28.8 Å². The zero-order chi connectivity index (χ0) is 29.0. The first-order chi connectivity index (χ1) is 21.2. The molecule has 3 heterocycles. The highest BCUT2D eigenvalue weighted by Crippen LogP contribution is 2.41. The van der Waals surface area contributed by atoms with Crippen LogP contribution in [0.1, 0.15) is 16.7 Å². The maximum Gasteiger partial charge on any atom is 0.143 e. The number of phenolic OH excluding ortho intramolecular Hbond substituents is 1. The summed E-state index contributed by atoms with van der Waals surface area (Å²) in [5.74, 6) is 2.28. The lowest BCUT2D eigenvalue weighted by Gasteiger charge is -2.16. The molecule has 4 aromatic carbocycles. The van der Waals surface area contributed by atoms with Crippen molar-refractivity contribution in [2.45, 2.75) is 19.6 Å². The number of aromatic nitrogens is 6. The summed E-state index contributed by atoms with van der Waals surface area (Å²) in [5.41, 5.74) is 5.59. The highest BCUT2D eigenvalue weighted by atomic mass is 16.3. The number of hydrogen-bond acceptors (Lipinski definition) is 4. The summed E-state index contributed by atoms with van der Waals surface area (Å²) >= 11 is 0. The smallest absolute Gasteiger partial charge is 0.143 e. The van der Waals surface area contributed by atoms with Crippen LogP contribution in [-0.4, -0.2) is 33.8 Å². The third-order valence-electron chi connectivity index (χ3n) is 7.58. The van der Waals surface area contributed by atoms with Gasteiger partial charge in [0.25, 0.3) is 0 Å². The van der Waals surface area contributed by atoms with Crippen LogP contribution >= 0.6 is 0 Å². The Morgan fingerprint density at radius 1 is 0.465 bits per heavy atom. The first-order valence-corrected chi connectivity index (χ1v) is 14.3. The zero-order valence-electron chi connectivity index (χ0n) is 23.5. The van der Waals surface area contributed by atoms with Gasteiger partial charge in [0.05, 0.1) is 11.1 Å². The van der Waals surface area contributed by atoms with E-state index in [0.717, 1.165) is 22.5 Å². The number of hydrogen-bond donors (Lipinski definition) is 1. The van der Waals surface area contributed by atoms with Gasteiger partial charge in [0, 0.05) is 62.4 Å². The highest BCUT2D eigenvalue weighted by Gasteiger charge is 2.22. The predicted molar refractivity (Wildman–Crippen MR) is 168 cm³/mol. The fraction of sp³-hybridized carbons (Fsp3) is 0.0833. The van der Waals surface area contributed by atoms with Gasteiger partial charge in [-0.1, -0.05) is 91.0 Å². The van der Waals surface area contributed by atoms with Crippen molar-refractivity contribution in [3.63, 3.8) is 0 Å². The van der Waals surface area contributed by atoms with E-state index in [9.17, 15) is 5.11 Å². The fourth-order valence-electron chi connectivity index (χ4n) is 5.50. The van der Waals surface area contributed by atoms with Crippen LogP contribution in [0.4, 0.5) is 0 Å². The van der Waals surface area contributed by atoms with E-state index in [1.165, 1.54) is 5.56 Å². The summed E-state index contributed by atoms with van der Waals surface area (Å²) in [6.45, 7) is 1.92. The number of phenols is 1. The number of aromatic hydroxyl groups is 1. The Morgan fingerprint density at radius 2 is 0.814 bits per heavy atom. The average Bonchev–Trinajstić information content (AvgIpc) is 3.81. The van der Waals surface area contributed by atoms with Gasteiger partial charge in [-0.3, -0.25) is 0 Å². The SMILES string of the molecule is Oc1c(-c2nccn2Cc2ccccc2)cc(-c2nccn2Cc2ccccc2)cc1-c1nccn1Cc1ccccc1. The van der Waals surface area contributed by atoms with Crippen LogP contribution in [0.3, 0.4) is 0 Å². The Balaban J connectivity index is 1.37. The fourth-order valence-corrected chi connectivity index (χ4v) is 5.50. The summed E-state index contributed by atoms with van der Waals surface area (Å²) in [6, 6.07) is 34.8. The monoisotopic (exact) mass is 562 g/mol. The highest BCUT2D eigenvalue weighted by molar-refractivity contribution is 5.83. The maximum absolute atomic E-state index is 11.9. The van der Waals surface area contributed by atoms with Crippen LogP contribution in [-0.2, 0) is 19.6 Å². The molecule has 0 aliphatic rings. The first kappa shape index (κ1) is 26.2. The van der Waals surface area contributed by atoms with Crippen LogP contribution < -0.4 is 0 Å². The van der Waals surface area contributed by atoms with E-state index in [0.29, 0.717) is 42.4 Å². The summed E-state index contributed by atoms with van der Waals surface area (Å²) in [6.07, 6.45) is 11.2. The Hall–Kier alpha value is -5.69. The molecular weight excluding hydrogens is 532 g/mol. The summed E-state index contributed by atoms with van der Waals surface area (Å²) in [4.78, 5) is 14.2. The molecule has 7 nitrogen and oxygen atoms in total. The molecular formula is C36H30N6O. The molecule has 0 aliphatic heterocycles. The van der Waals surface area contributed by atoms with E-state index in [4.69, 9.17) is 15.0 Å². The third kappa shape index (κ3) is 5.48. The number of nitrogens with zero attached hydrogens (tertiary/aromatic N) is 6. The summed E-state index contributed by atoms with van der Waals surface area (Å²) < 4.78 is 6.25. The van der Waals surface area contributed by atoms with Gasteiger partial charge in [-0.15, -0.1) is 0 Å². The molecule has 210 valence electrons. The van der Waals surface area contributed by atoms with Crippen molar-refractivity contribution in [2.24, 2.45) is 0 Å². The maximum atomic E-state index is 11.9. The lowest BCUT2D eigenvalue weighted by molar-refractivity contribution is 0.477. The first-order valence-electron chi connectivity index (χ1n) is 14.3. The second-order valence-corrected chi connectivity index (χ2v) is 10.5. The van der Waals surface area contributed by atoms with Crippen molar-refractivity contribution >= 4 is 0 Å². The Bertz CT molecular complexity index is 1850. The van der Waals surface area contributed by atoms with E-state index >= 15 is 0 Å². The molecule has 0 aliphatic carbocycles. The van der Waals surface area contributed by atoms with E-state index in [2.05, 4.69) is 50.1 Å². The molecule has 43 heavy (non-hydrogen) atoms. The Morgan fingerprint density at radius 3 is 1.21 bits per heavy atom. The van der Waals surface area contributed by atoms with Gasteiger partial charge in [0.2, 0.25) is 0 Å². The normalized spacial score (nSPS) is 11.2. The van der Waals surface area contributed by atoms with Gasteiger partial charge >= 0.3 is 0 Å². The van der Waals surface area contributed by atoms with Gasteiger partial charge in [-0.25, -0.2) is 15.0 Å². The second-order valence-electron chi connectivity index (χ2n) is 10.5. The molecule has 0 fully saturated rings. The molecule has 7 rings (SSSR count). The van der Waals surface area contributed by atoms with Crippen molar-refractivity contribution < 1.29 is 5.11 Å². The summed E-state index contributed by atoms with van der Waals surface area (Å²) in [5, 5.41) is 11.9. The van der Waals surface area contributed by atoms with Gasteiger partial charge < -0.3 is 18.8 Å². The van der Waals surface area contributed by atoms with Gasteiger partial charge in [0.15, 0.2) is 0 Å². The van der Waals surface area contributed by atoms with Crippen LogP contribution in [0.5, 0.6) is 5.75 Å². The van der Waals surface area contributed by atoms with Crippen molar-refractivity contribution in [2.75, 3.05) is 0 Å². The van der Waals surface area contributed by atoms with E-state index in [1.54, 1.807) is 12.4 Å². The molecule has 1 N–H and O–H groups in total. The second kappa shape index (κ2) is 11.7. The lowest BCUT2D eigenvalue weighted by Crippen LogP contribution is -2.05. The molecule has 3 aromatic heterocycles. The Labute approximate surface area is 250 Å². The number of benzene rings is 4. The molecule has 0 saturated carbocycles.